The summed E-state index contributed by atoms with van der Waals surface area (Å²) in [5.74, 6) is 1.92. The van der Waals surface area contributed by atoms with Crippen LogP contribution in [0.15, 0.2) is 86.2 Å². The van der Waals surface area contributed by atoms with E-state index in [9.17, 15) is 0 Å². The molecule has 0 fully saturated rings. The molecule has 0 N–H and O–H groups in total. The average molecular weight is 527 g/mol. The number of halogens is 3. The zero-order chi connectivity index (χ0) is 17.6. The fourth-order valence-electron chi connectivity index (χ4n) is 1.94. The maximum absolute atomic E-state index is 5.85. The predicted molar refractivity (Wildman–Crippen MR) is 110 cm³/mol. The number of hydrogen-bond donors (Lipinski definition) is 0. The van der Waals surface area contributed by atoms with Gasteiger partial charge in [-0.15, -0.1) is 0 Å². The monoisotopic (exact) mass is 524 g/mol. The Bertz CT molecular complexity index is 696. The average Bonchev–Trinajstić information content (AvgIpc) is 2.61. The van der Waals surface area contributed by atoms with Crippen molar-refractivity contribution >= 4 is 55.1 Å². The van der Waals surface area contributed by atoms with Crippen molar-refractivity contribution < 1.29 is 14.0 Å². The maximum atomic E-state index is 5.85. The van der Waals surface area contributed by atoms with Crippen molar-refractivity contribution in [3.63, 3.8) is 0 Å². The van der Waals surface area contributed by atoms with Crippen LogP contribution in [0.25, 0.3) is 0 Å². The Morgan fingerprint density at radius 3 is 0.920 bits per heavy atom. The van der Waals surface area contributed by atoms with Gasteiger partial charge in [-0.25, -0.2) is 0 Å². The van der Waals surface area contributed by atoms with Crippen molar-refractivity contribution in [3.05, 3.63) is 86.2 Å². The van der Waals surface area contributed by atoms with E-state index in [2.05, 4.69) is 47.8 Å². The lowest BCUT2D eigenvalue weighted by Crippen LogP contribution is -2.36. The minimum atomic E-state index is -0.927. The first-order valence-electron chi connectivity index (χ1n) is 7.35. The third-order valence-corrected chi connectivity index (χ3v) is 4.72. The van der Waals surface area contributed by atoms with Gasteiger partial charge in [0.25, 0.3) is 0 Å². The van der Waals surface area contributed by atoms with Gasteiger partial charge in [-0.05, 0) is 72.8 Å². The van der Waals surface area contributed by atoms with E-state index in [0.717, 1.165) is 13.4 Å². The zero-order valence-electron chi connectivity index (χ0n) is 12.9. The number of benzene rings is 3. The third kappa shape index (κ3) is 5.80. The van der Waals surface area contributed by atoms with Crippen LogP contribution < -0.4 is 14.0 Å². The van der Waals surface area contributed by atoms with Crippen molar-refractivity contribution in [1.82, 2.24) is 0 Å². The molecular formula is C18H12BBr3O3. The second-order valence-electron chi connectivity index (χ2n) is 5.00. The lowest BCUT2D eigenvalue weighted by atomic mass is 10.2. The van der Waals surface area contributed by atoms with Crippen LogP contribution in [0.2, 0.25) is 0 Å². The highest BCUT2D eigenvalue weighted by Gasteiger charge is 2.30. The smallest absolute Gasteiger partial charge is 0.490 e. The molecule has 126 valence electrons. The van der Waals surface area contributed by atoms with Gasteiger partial charge in [-0.1, -0.05) is 47.8 Å². The Morgan fingerprint density at radius 2 is 0.680 bits per heavy atom. The Morgan fingerprint density at radius 1 is 0.440 bits per heavy atom. The summed E-state index contributed by atoms with van der Waals surface area (Å²) in [6, 6.07) is 22.4. The van der Waals surface area contributed by atoms with Gasteiger partial charge >= 0.3 is 7.32 Å². The summed E-state index contributed by atoms with van der Waals surface area (Å²) in [7, 11) is -0.927. The fourth-order valence-corrected chi connectivity index (χ4v) is 2.74. The van der Waals surface area contributed by atoms with E-state index in [0.29, 0.717) is 17.2 Å². The van der Waals surface area contributed by atoms with Crippen LogP contribution in [0.3, 0.4) is 0 Å². The molecule has 3 aromatic carbocycles. The van der Waals surface area contributed by atoms with Crippen LogP contribution in [-0.4, -0.2) is 7.32 Å². The molecule has 0 aliphatic rings. The first-order valence-corrected chi connectivity index (χ1v) is 9.73. The van der Waals surface area contributed by atoms with E-state index in [4.69, 9.17) is 14.0 Å². The fraction of sp³-hybridized carbons (Fsp3) is 0. The van der Waals surface area contributed by atoms with Crippen molar-refractivity contribution in [2.45, 2.75) is 0 Å². The Labute approximate surface area is 171 Å². The lowest BCUT2D eigenvalue weighted by molar-refractivity contribution is 0.307. The van der Waals surface area contributed by atoms with Gasteiger partial charge in [-0.2, -0.15) is 0 Å². The van der Waals surface area contributed by atoms with Gasteiger partial charge in [0.15, 0.2) is 0 Å². The van der Waals surface area contributed by atoms with Crippen molar-refractivity contribution in [2.75, 3.05) is 0 Å². The molecule has 3 rings (SSSR count). The van der Waals surface area contributed by atoms with Gasteiger partial charge in [0.05, 0.1) is 0 Å². The van der Waals surface area contributed by atoms with E-state index in [1.54, 1.807) is 0 Å². The quantitative estimate of drug-likeness (QED) is 0.343. The number of rotatable bonds is 6. The molecule has 0 unspecified atom stereocenters. The van der Waals surface area contributed by atoms with Crippen molar-refractivity contribution in [2.24, 2.45) is 0 Å². The summed E-state index contributed by atoms with van der Waals surface area (Å²) in [4.78, 5) is 0. The topological polar surface area (TPSA) is 27.7 Å². The SMILES string of the molecule is Brc1ccc(OB(Oc2ccc(Br)cc2)Oc2ccc(Br)cc2)cc1. The van der Waals surface area contributed by atoms with Crippen molar-refractivity contribution in [1.29, 1.82) is 0 Å². The molecule has 0 radical (unpaired) electrons. The molecule has 0 atom stereocenters. The molecule has 0 saturated heterocycles. The highest BCUT2D eigenvalue weighted by atomic mass is 79.9. The maximum Gasteiger partial charge on any atom is 0.864 e. The van der Waals surface area contributed by atoms with E-state index in [1.165, 1.54) is 0 Å². The molecule has 7 heteroatoms. The van der Waals surface area contributed by atoms with Gasteiger partial charge < -0.3 is 14.0 Å². The van der Waals surface area contributed by atoms with E-state index in [1.807, 2.05) is 72.8 Å². The molecule has 25 heavy (non-hydrogen) atoms. The Kier molecular flexibility index (Phi) is 6.45. The van der Waals surface area contributed by atoms with E-state index in [-0.39, 0.29) is 0 Å². The second kappa shape index (κ2) is 8.78. The Hall–Kier alpha value is -1.44. The summed E-state index contributed by atoms with van der Waals surface area (Å²) in [5.41, 5.74) is 0. The van der Waals surface area contributed by atoms with Crippen LogP contribution in [-0.2, 0) is 0 Å². The van der Waals surface area contributed by atoms with Gasteiger partial charge in [0.1, 0.15) is 17.2 Å². The van der Waals surface area contributed by atoms with Gasteiger partial charge in [0, 0.05) is 13.4 Å². The largest absolute Gasteiger partial charge is 0.864 e. The predicted octanol–water partition coefficient (Wildman–Crippen LogP) is 6.50. The summed E-state index contributed by atoms with van der Waals surface area (Å²) >= 11 is 10.2. The van der Waals surface area contributed by atoms with Crippen LogP contribution >= 0.6 is 47.8 Å². The van der Waals surface area contributed by atoms with Crippen LogP contribution in [0.5, 0.6) is 17.2 Å². The summed E-state index contributed by atoms with van der Waals surface area (Å²) in [6.45, 7) is 0. The van der Waals surface area contributed by atoms with E-state index >= 15 is 0 Å². The van der Waals surface area contributed by atoms with Gasteiger partial charge in [0.2, 0.25) is 0 Å². The van der Waals surface area contributed by atoms with Crippen LogP contribution in [0.1, 0.15) is 0 Å². The summed E-state index contributed by atoms with van der Waals surface area (Å²) in [5, 5.41) is 0. The molecule has 0 spiro atoms. The molecule has 0 heterocycles. The molecule has 0 aromatic heterocycles. The molecule has 0 amide bonds. The van der Waals surface area contributed by atoms with Gasteiger partial charge in [-0.3, -0.25) is 0 Å². The van der Waals surface area contributed by atoms with Crippen LogP contribution in [0.4, 0.5) is 0 Å². The first-order chi connectivity index (χ1) is 12.1. The minimum Gasteiger partial charge on any atom is -0.490 e. The summed E-state index contributed by atoms with van der Waals surface area (Å²) < 4.78 is 20.5. The standard InChI is InChI=1S/C18H12BBr3O3/c20-13-1-7-16(8-2-13)23-19(24-17-9-3-14(21)4-10-17)25-18-11-5-15(22)6-12-18/h1-12H. The normalized spacial score (nSPS) is 10.2. The Balaban J connectivity index is 1.77. The number of hydrogen-bond acceptors (Lipinski definition) is 3. The first kappa shape index (κ1) is 18.4. The molecule has 3 nitrogen and oxygen atoms in total. The van der Waals surface area contributed by atoms with Crippen LogP contribution in [0, 0.1) is 0 Å². The highest BCUT2D eigenvalue weighted by Crippen LogP contribution is 2.22. The molecule has 0 aliphatic heterocycles. The molecule has 3 aromatic rings. The third-order valence-electron chi connectivity index (χ3n) is 3.14. The van der Waals surface area contributed by atoms with Crippen molar-refractivity contribution in [3.8, 4) is 17.2 Å². The zero-order valence-corrected chi connectivity index (χ0v) is 17.6. The lowest BCUT2D eigenvalue weighted by Gasteiger charge is -2.16. The minimum absolute atomic E-state index is 0.641. The second-order valence-corrected chi connectivity index (χ2v) is 7.75. The molecule has 0 aliphatic carbocycles. The summed E-state index contributed by atoms with van der Waals surface area (Å²) in [6.07, 6.45) is 0. The highest BCUT2D eigenvalue weighted by molar-refractivity contribution is 9.11. The molecule has 0 saturated carbocycles. The molecular weight excluding hydrogens is 515 g/mol. The molecule has 0 bridgehead atoms. The van der Waals surface area contributed by atoms with E-state index < -0.39 is 7.32 Å².